The summed E-state index contributed by atoms with van der Waals surface area (Å²) < 4.78 is 14.4. The van der Waals surface area contributed by atoms with Crippen molar-refractivity contribution in [1.29, 1.82) is 0 Å². The molecule has 9 heteroatoms. The Kier molecular flexibility index (Phi) is 5.33. The van der Waals surface area contributed by atoms with Crippen molar-refractivity contribution < 1.29 is 14.3 Å². The fourth-order valence-electron chi connectivity index (χ4n) is 3.99. The van der Waals surface area contributed by atoms with Crippen LogP contribution in [-0.4, -0.2) is 26.1 Å². The van der Waals surface area contributed by atoms with E-state index in [4.69, 9.17) is 28.2 Å². The maximum absolute atomic E-state index is 14.4. The van der Waals surface area contributed by atoms with Gasteiger partial charge in [0.25, 0.3) is 0 Å². The number of rotatable bonds is 4. The molecule has 2 aromatic rings. The molecular formula is C21H18Cl2FN3O2S. The maximum atomic E-state index is 14.4. The van der Waals surface area contributed by atoms with Crippen LogP contribution in [0.4, 0.5) is 4.39 Å². The summed E-state index contributed by atoms with van der Waals surface area (Å²) in [5.41, 5.74) is 1.23. The summed E-state index contributed by atoms with van der Waals surface area (Å²) in [4.78, 5) is 23.2. The van der Waals surface area contributed by atoms with Crippen LogP contribution in [0.25, 0.3) is 0 Å². The van der Waals surface area contributed by atoms with Crippen molar-refractivity contribution in [3.05, 3.63) is 74.3 Å². The third-order valence-corrected chi connectivity index (χ3v) is 6.91. The van der Waals surface area contributed by atoms with Crippen molar-refractivity contribution in [2.24, 2.45) is 10.9 Å². The van der Waals surface area contributed by atoms with Gasteiger partial charge in [0.2, 0.25) is 0 Å². The molecular weight excluding hydrogens is 448 g/mol. The molecule has 0 fully saturated rings. The number of fused-ring (bicyclic) bond motifs is 1. The number of thioether (sulfide) groups is 1. The molecule has 1 aromatic heterocycles. The van der Waals surface area contributed by atoms with Gasteiger partial charge in [0.05, 0.1) is 11.1 Å². The van der Waals surface area contributed by atoms with E-state index < -0.39 is 23.4 Å². The van der Waals surface area contributed by atoms with E-state index in [1.54, 1.807) is 18.3 Å². The van der Waals surface area contributed by atoms with Gasteiger partial charge in [-0.15, -0.1) is 0 Å². The molecule has 0 saturated heterocycles. The summed E-state index contributed by atoms with van der Waals surface area (Å²) in [6.45, 7) is 5.79. The van der Waals surface area contributed by atoms with Gasteiger partial charge in [0, 0.05) is 17.5 Å². The lowest BCUT2D eigenvalue weighted by atomic mass is 9.81. The molecule has 2 aliphatic heterocycles. The van der Waals surface area contributed by atoms with Crippen LogP contribution in [0.5, 0.6) is 0 Å². The molecule has 0 spiro atoms. The zero-order valence-electron chi connectivity index (χ0n) is 16.4. The molecule has 2 atom stereocenters. The molecule has 4 rings (SSSR count). The van der Waals surface area contributed by atoms with Gasteiger partial charge in [-0.1, -0.05) is 49.2 Å². The van der Waals surface area contributed by atoms with Gasteiger partial charge in [-0.05, 0) is 48.4 Å². The summed E-state index contributed by atoms with van der Waals surface area (Å²) in [6.07, 6.45) is 1.65. The Labute approximate surface area is 187 Å². The number of aliphatic carboxylic acids is 1. The Morgan fingerprint density at radius 1 is 1.30 bits per heavy atom. The van der Waals surface area contributed by atoms with Gasteiger partial charge < -0.3 is 10.0 Å². The van der Waals surface area contributed by atoms with Crippen LogP contribution in [0.1, 0.15) is 37.9 Å². The highest BCUT2D eigenvalue weighted by atomic mass is 35.5. The molecule has 5 nitrogen and oxygen atoms in total. The normalized spacial score (nSPS) is 23.2. The fourth-order valence-corrected chi connectivity index (χ4v) is 5.47. The molecule has 0 bridgehead atoms. The van der Waals surface area contributed by atoms with Gasteiger partial charge in [0.1, 0.15) is 21.4 Å². The van der Waals surface area contributed by atoms with Crippen molar-refractivity contribution in [3.8, 4) is 0 Å². The van der Waals surface area contributed by atoms with Crippen LogP contribution in [0, 0.1) is 11.7 Å². The number of aromatic nitrogens is 1. The van der Waals surface area contributed by atoms with Crippen LogP contribution in [-0.2, 0) is 10.3 Å². The Hall–Kier alpha value is -2.09. The Balaban J connectivity index is 1.94. The van der Waals surface area contributed by atoms with E-state index in [-0.39, 0.29) is 15.8 Å². The second-order valence-electron chi connectivity index (χ2n) is 7.63. The molecule has 3 heterocycles. The highest BCUT2D eigenvalue weighted by Gasteiger charge is 2.53. The average Bonchev–Trinajstić information content (AvgIpc) is 3.17. The quantitative estimate of drug-likeness (QED) is 0.573. The predicted octanol–water partition coefficient (Wildman–Crippen LogP) is 5.85. The molecule has 30 heavy (non-hydrogen) atoms. The van der Waals surface area contributed by atoms with Gasteiger partial charge in [-0.25, -0.2) is 19.2 Å². The van der Waals surface area contributed by atoms with Gasteiger partial charge in [0.15, 0.2) is 5.17 Å². The van der Waals surface area contributed by atoms with Crippen molar-refractivity contribution in [2.45, 2.75) is 32.4 Å². The van der Waals surface area contributed by atoms with Crippen molar-refractivity contribution >= 4 is 46.1 Å². The SMILES string of the molecule is CC(C)C1=C(C(=O)O)SC2=N[C@@](C)(c3ccc(Cl)nc3)[C@@H](c3ccc(Cl)c(F)c3)N21. The lowest BCUT2D eigenvalue weighted by Crippen LogP contribution is -2.36. The van der Waals surface area contributed by atoms with Gasteiger partial charge in [-0.3, -0.25) is 0 Å². The number of aliphatic imine (C=N–C) groups is 1. The smallest absolute Gasteiger partial charge is 0.344 e. The predicted molar refractivity (Wildman–Crippen MR) is 117 cm³/mol. The minimum absolute atomic E-state index is 0.0226. The first-order chi connectivity index (χ1) is 14.1. The molecule has 2 aliphatic rings. The minimum atomic E-state index is -1.00. The van der Waals surface area contributed by atoms with Gasteiger partial charge in [-0.2, -0.15) is 0 Å². The number of hydrogen-bond donors (Lipinski definition) is 1. The molecule has 0 amide bonds. The Morgan fingerprint density at radius 2 is 2.03 bits per heavy atom. The zero-order chi connectivity index (χ0) is 21.8. The summed E-state index contributed by atoms with van der Waals surface area (Å²) in [6, 6.07) is 7.67. The third-order valence-electron chi connectivity index (χ3n) is 5.32. The molecule has 0 unspecified atom stereocenters. The lowest BCUT2D eigenvalue weighted by Gasteiger charge is -2.36. The highest BCUT2D eigenvalue weighted by molar-refractivity contribution is 8.18. The van der Waals surface area contributed by atoms with E-state index in [0.29, 0.717) is 21.6 Å². The van der Waals surface area contributed by atoms with E-state index in [2.05, 4.69) is 4.98 Å². The molecule has 1 aromatic carbocycles. The van der Waals surface area contributed by atoms with Crippen LogP contribution in [0.3, 0.4) is 0 Å². The monoisotopic (exact) mass is 465 g/mol. The number of pyridine rings is 1. The Morgan fingerprint density at radius 3 is 2.60 bits per heavy atom. The number of carboxylic acid groups (broad SMARTS) is 1. The first-order valence-corrected chi connectivity index (χ1v) is 10.8. The number of amidine groups is 1. The van der Waals surface area contributed by atoms with Crippen molar-refractivity contribution in [3.63, 3.8) is 0 Å². The summed E-state index contributed by atoms with van der Waals surface area (Å²) in [7, 11) is 0. The minimum Gasteiger partial charge on any atom is -0.477 e. The first-order valence-electron chi connectivity index (χ1n) is 9.25. The highest BCUT2D eigenvalue weighted by Crippen LogP contribution is 2.56. The molecule has 0 aliphatic carbocycles. The third kappa shape index (κ3) is 3.29. The summed E-state index contributed by atoms with van der Waals surface area (Å²) in [5.74, 6) is -1.63. The summed E-state index contributed by atoms with van der Waals surface area (Å²) >= 11 is 13.0. The zero-order valence-corrected chi connectivity index (χ0v) is 18.7. The number of carbonyl (C=O) groups is 1. The van der Waals surface area contributed by atoms with E-state index in [1.807, 2.05) is 31.7 Å². The molecule has 0 saturated carbocycles. The first kappa shape index (κ1) is 21.2. The van der Waals surface area contributed by atoms with E-state index >= 15 is 0 Å². The molecule has 156 valence electrons. The lowest BCUT2D eigenvalue weighted by molar-refractivity contribution is -0.131. The van der Waals surface area contributed by atoms with Crippen LogP contribution < -0.4 is 0 Å². The Bertz CT molecular complexity index is 1100. The number of allylic oxidation sites excluding steroid dienone is 1. The maximum Gasteiger partial charge on any atom is 0.344 e. The second kappa shape index (κ2) is 7.55. The van der Waals surface area contributed by atoms with Crippen molar-refractivity contribution in [2.75, 3.05) is 0 Å². The second-order valence-corrected chi connectivity index (χ2v) is 9.41. The van der Waals surface area contributed by atoms with E-state index in [1.165, 1.54) is 12.1 Å². The van der Waals surface area contributed by atoms with Gasteiger partial charge >= 0.3 is 5.97 Å². The molecule has 0 radical (unpaired) electrons. The fraction of sp³-hybridized carbons (Fsp3) is 0.286. The average molecular weight is 466 g/mol. The van der Waals surface area contributed by atoms with Crippen LogP contribution in [0.2, 0.25) is 10.2 Å². The number of halogens is 3. The largest absolute Gasteiger partial charge is 0.477 e. The van der Waals surface area contributed by atoms with Crippen molar-refractivity contribution in [1.82, 2.24) is 9.88 Å². The van der Waals surface area contributed by atoms with Crippen LogP contribution >= 0.6 is 35.0 Å². The van der Waals surface area contributed by atoms with E-state index in [9.17, 15) is 14.3 Å². The standard InChI is InChI=1S/C21H18Cl2FN3O2S/c1-10(2)16-17(19(28)29)30-20-26-21(3,12-5-7-15(23)25-9-12)18(27(16)20)11-4-6-13(22)14(24)8-11/h4-10,18H,1-3H3,(H,28,29)/t18-,21+/m1/s1. The topological polar surface area (TPSA) is 65.8 Å². The number of hydrogen-bond acceptors (Lipinski definition) is 5. The van der Waals surface area contributed by atoms with E-state index in [0.717, 1.165) is 17.3 Å². The number of carboxylic acids is 1. The number of nitrogens with zero attached hydrogens (tertiary/aromatic N) is 3. The number of benzene rings is 1. The molecule has 1 N–H and O–H groups in total. The summed E-state index contributed by atoms with van der Waals surface area (Å²) in [5, 5.41) is 10.7. The van der Waals surface area contributed by atoms with Crippen LogP contribution in [0.15, 0.2) is 52.1 Å².